The van der Waals surface area contributed by atoms with Crippen molar-refractivity contribution in [2.24, 2.45) is 29.6 Å². The van der Waals surface area contributed by atoms with Crippen LogP contribution in [0.3, 0.4) is 0 Å². The van der Waals surface area contributed by atoms with Crippen LogP contribution in [0.15, 0.2) is 48.7 Å². The highest BCUT2D eigenvalue weighted by Gasteiger charge is 2.52. The Morgan fingerprint density at radius 3 is 2.60 bits per heavy atom. The average Bonchev–Trinajstić information content (AvgIpc) is 2.97. The van der Waals surface area contributed by atoms with Crippen molar-refractivity contribution in [3.63, 3.8) is 0 Å². The first-order valence-electron chi connectivity index (χ1n) is 10.7. The molecule has 0 amide bonds. The second-order valence-electron chi connectivity index (χ2n) is 9.01. The lowest BCUT2D eigenvalue weighted by Gasteiger charge is -2.42. The van der Waals surface area contributed by atoms with Crippen molar-refractivity contribution in [1.29, 1.82) is 5.26 Å². The van der Waals surface area contributed by atoms with Crippen LogP contribution in [-0.2, 0) is 9.84 Å². The lowest BCUT2D eigenvalue weighted by atomic mass is 9.62. The fraction of sp³-hybridized carbons (Fsp3) is 0.440. The molecule has 5 heteroatoms. The molecule has 2 aliphatic rings. The molecule has 1 saturated heterocycles. The molecular formula is C25H28N2O2S. The predicted molar refractivity (Wildman–Crippen MR) is 120 cm³/mol. The van der Waals surface area contributed by atoms with E-state index in [1.165, 1.54) is 0 Å². The van der Waals surface area contributed by atoms with E-state index in [0.717, 1.165) is 23.2 Å². The number of rotatable bonds is 3. The molecule has 2 heterocycles. The molecule has 1 saturated carbocycles. The topological polar surface area (TPSA) is 70.8 Å². The van der Waals surface area contributed by atoms with Crippen molar-refractivity contribution in [1.82, 2.24) is 4.98 Å². The molecule has 1 aromatic carbocycles. The van der Waals surface area contributed by atoms with Crippen LogP contribution >= 0.6 is 0 Å². The monoisotopic (exact) mass is 420 g/mol. The fourth-order valence-electron chi connectivity index (χ4n) is 5.47. The number of allylic oxidation sites excluding steroid dienone is 1. The van der Waals surface area contributed by atoms with Gasteiger partial charge in [-0.05, 0) is 61.1 Å². The van der Waals surface area contributed by atoms with Gasteiger partial charge in [0.15, 0.2) is 9.84 Å². The van der Waals surface area contributed by atoms with Gasteiger partial charge in [0.05, 0.1) is 28.3 Å². The molecule has 0 N–H and O–H groups in total. The number of benzene rings is 1. The Balaban J connectivity index is 1.59. The second-order valence-corrected chi connectivity index (χ2v) is 11.4. The third-order valence-corrected chi connectivity index (χ3v) is 9.70. The summed E-state index contributed by atoms with van der Waals surface area (Å²) in [4.78, 5) is 4.58. The number of nitrogens with zero attached hydrogens (tertiary/aromatic N) is 2. The van der Waals surface area contributed by atoms with Crippen LogP contribution in [0.2, 0.25) is 0 Å². The standard InChI is InChI=1S/C25H28N2O2S/c1-16-12-21-15-30(28,29)18(3)25(21)23(17(16)2)11-10-22-9-8-20(14-27-22)24-7-5-4-6-19(24)13-26/h4-11,14,16-18,21,23,25H,12,15H2,1-3H3/b11-10+/t16-,17+,18+,21-,23-,25+/m0/s1. The molecular weight excluding hydrogens is 392 g/mol. The number of aromatic nitrogens is 1. The maximum Gasteiger partial charge on any atom is 0.153 e. The number of sulfone groups is 1. The first-order chi connectivity index (χ1) is 14.3. The van der Waals surface area contributed by atoms with Crippen LogP contribution in [-0.4, -0.2) is 24.4 Å². The van der Waals surface area contributed by atoms with Gasteiger partial charge in [-0.2, -0.15) is 5.26 Å². The number of pyridine rings is 1. The molecule has 2 fully saturated rings. The van der Waals surface area contributed by atoms with E-state index in [1.54, 1.807) is 6.20 Å². The minimum atomic E-state index is -2.99. The van der Waals surface area contributed by atoms with Gasteiger partial charge in [0.25, 0.3) is 0 Å². The lowest BCUT2D eigenvalue weighted by Crippen LogP contribution is -2.39. The van der Waals surface area contributed by atoms with Gasteiger partial charge in [-0.1, -0.05) is 44.2 Å². The molecule has 0 spiro atoms. The number of nitriles is 1. The average molecular weight is 421 g/mol. The molecule has 0 unspecified atom stereocenters. The SMILES string of the molecule is C[C@H]1[C@H](/C=C/c2ccc(-c3ccccc3C#N)cn2)[C@H]2[C@@H](C[C@@H]1C)CS(=O)(=O)[C@@H]2C. The summed E-state index contributed by atoms with van der Waals surface area (Å²) in [6.45, 7) is 6.39. The Hall–Kier alpha value is -2.45. The van der Waals surface area contributed by atoms with Crippen molar-refractivity contribution >= 4 is 15.9 Å². The van der Waals surface area contributed by atoms with Crippen LogP contribution in [0.4, 0.5) is 0 Å². The van der Waals surface area contributed by atoms with Gasteiger partial charge < -0.3 is 0 Å². The molecule has 1 aromatic heterocycles. The Bertz CT molecular complexity index is 1100. The van der Waals surface area contributed by atoms with Crippen LogP contribution in [0.5, 0.6) is 0 Å². The molecule has 2 aromatic rings. The van der Waals surface area contributed by atoms with Crippen LogP contribution in [0.25, 0.3) is 17.2 Å². The predicted octanol–water partition coefficient (Wildman–Crippen LogP) is 4.97. The van der Waals surface area contributed by atoms with Gasteiger partial charge in [-0.15, -0.1) is 0 Å². The molecule has 4 nitrogen and oxygen atoms in total. The van der Waals surface area contributed by atoms with E-state index in [2.05, 4.69) is 31.0 Å². The Labute approximate surface area is 179 Å². The molecule has 4 rings (SSSR count). The second kappa shape index (κ2) is 8.00. The van der Waals surface area contributed by atoms with E-state index in [1.807, 2.05) is 49.4 Å². The summed E-state index contributed by atoms with van der Waals surface area (Å²) in [6, 6.07) is 13.7. The Kier molecular flexibility index (Phi) is 5.55. The summed E-state index contributed by atoms with van der Waals surface area (Å²) < 4.78 is 25.1. The van der Waals surface area contributed by atoms with Gasteiger partial charge in [-0.3, -0.25) is 4.98 Å². The number of fused-ring (bicyclic) bond motifs is 1. The Morgan fingerprint density at radius 2 is 1.90 bits per heavy atom. The Morgan fingerprint density at radius 1 is 1.13 bits per heavy atom. The summed E-state index contributed by atoms with van der Waals surface area (Å²) >= 11 is 0. The zero-order chi connectivity index (χ0) is 21.5. The molecule has 6 atom stereocenters. The van der Waals surface area contributed by atoms with Gasteiger partial charge >= 0.3 is 0 Å². The van der Waals surface area contributed by atoms with Gasteiger partial charge in [0, 0.05) is 17.3 Å². The zero-order valence-corrected chi connectivity index (χ0v) is 18.5. The lowest BCUT2D eigenvalue weighted by molar-refractivity contribution is 0.103. The van der Waals surface area contributed by atoms with Crippen LogP contribution < -0.4 is 0 Å². The normalized spacial score (nSPS) is 32.6. The summed E-state index contributed by atoms with van der Waals surface area (Å²) in [7, 11) is -2.99. The largest absolute Gasteiger partial charge is 0.256 e. The van der Waals surface area contributed by atoms with E-state index in [9.17, 15) is 13.7 Å². The highest BCUT2D eigenvalue weighted by molar-refractivity contribution is 7.92. The first-order valence-corrected chi connectivity index (χ1v) is 12.4. The van der Waals surface area contributed by atoms with Gasteiger partial charge in [0.2, 0.25) is 0 Å². The quantitative estimate of drug-likeness (QED) is 0.702. The van der Waals surface area contributed by atoms with Crippen molar-refractivity contribution in [3.05, 3.63) is 59.9 Å². The molecule has 0 radical (unpaired) electrons. The van der Waals surface area contributed by atoms with Crippen LogP contribution in [0.1, 0.15) is 38.4 Å². The smallest absolute Gasteiger partial charge is 0.153 e. The van der Waals surface area contributed by atoms with E-state index in [4.69, 9.17) is 0 Å². The molecule has 30 heavy (non-hydrogen) atoms. The van der Waals surface area contributed by atoms with E-state index in [-0.39, 0.29) is 23.0 Å². The minimum Gasteiger partial charge on any atom is -0.256 e. The van der Waals surface area contributed by atoms with Crippen molar-refractivity contribution in [2.45, 2.75) is 32.4 Å². The summed E-state index contributed by atoms with van der Waals surface area (Å²) in [5.41, 5.74) is 3.28. The number of hydrogen-bond acceptors (Lipinski definition) is 4. The number of hydrogen-bond donors (Lipinski definition) is 0. The van der Waals surface area contributed by atoms with Crippen molar-refractivity contribution in [3.8, 4) is 17.2 Å². The summed E-state index contributed by atoms with van der Waals surface area (Å²) in [5, 5.41) is 9.04. The molecule has 1 aliphatic heterocycles. The maximum absolute atomic E-state index is 12.5. The van der Waals surface area contributed by atoms with Crippen molar-refractivity contribution in [2.75, 3.05) is 5.75 Å². The highest BCUT2D eigenvalue weighted by atomic mass is 32.2. The zero-order valence-electron chi connectivity index (χ0n) is 17.7. The fourth-order valence-corrected chi connectivity index (χ4v) is 7.61. The summed E-state index contributed by atoms with van der Waals surface area (Å²) in [5.74, 6) is 2.00. The summed E-state index contributed by atoms with van der Waals surface area (Å²) in [6.07, 6.45) is 7.04. The highest BCUT2D eigenvalue weighted by Crippen LogP contribution is 2.50. The maximum atomic E-state index is 12.5. The van der Waals surface area contributed by atoms with E-state index >= 15 is 0 Å². The first kappa shape index (κ1) is 20.8. The third kappa shape index (κ3) is 3.70. The molecule has 1 aliphatic carbocycles. The van der Waals surface area contributed by atoms with E-state index in [0.29, 0.717) is 23.2 Å². The van der Waals surface area contributed by atoms with Gasteiger partial charge in [0.1, 0.15) is 0 Å². The van der Waals surface area contributed by atoms with Crippen LogP contribution in [0, 0.1) is 40.9 Å². The van der Waals surface area contributed by atoms with Crippen molar-refractivity contribution < 1.29 is 8.42 Å². The molecule has 0 bridgehead atoms. The molecule has 156 valence electrons. The van der Waals surface area contributed by atoms with Gasteiger partial charge in [-0.25, -0.2) is 8.42 Å². The van der Waals surface area contributed by atoms with E-state index < -0.39 is 9.84 Å². The third-order valence-electron chi connectivity index (χ3n) is 7.36. The minimum absolute atomic E-state index is 0.194.